The van der Waals surface area contributed by atoms with Crippen LogP contribution in [0.4, 0.5) is 0 Å². The summed E-state index contributed by atoms with van der Waals surface area (Å²) in [4.78, 5) is 4.06. The summed E-state index contributed by atoms with van der Waals surface area (Å²) in [6.07, 6.45) is 5.63. The SMILES string of the molecule is CC(C1CC1)C(CO)(c1ccc(Cl)cc1)n1cncn1. The van der Waals surface area contributed by atoms with Crippen LogP contribution in [0, 0.1) is 11.8 Å². The van der Waals surface area contributed by atoms with Gasteiger partial charge in [0.05, 0.1) is 6.61 Å². The minimum Gasteiger partial charge on any atom is -0.393 e. The van der Waals surface area contributed by atoms with E-state index in [2.05, 4.69) is 17.0 Å². The fourth-order valence-corrected chi connectivity index (χ4v) is 3.18. The molecule has 1 aliphatic carbocycles. The second-order valence-electron chi connectivity index (χ2n) is 5.56. The summed E-state index contributed by atoms with van der Waals surface area (Å²) in [5.74, 6) is 0.914. The molecule has 0 spiro atoms. The van der Waals surface area contributed by atoms with Crippen molar-refractivity contribution in [2.24, 2.45) is 11.8 Å². The molecular weight excluding hydrogens is 274 g/mol. The monoisotopic (exact) mass is 291 g/mol. The van der Waals surface area contributed by atoms with Crippen LogP contribution >= 0.6 is 11.6 Å². The van der Waals surface area contributed by atoms with Crippen molar-refractivity contribution in [1.29, 1.82) is 0 Å². The number of hydrogen-bond donors (Lipinski definition) is 1. The first kappa shape index (κ1) is 13.6. The maximum atomic E-state index is 10.2. The molecule has 1 N–H and O–H groups in total. The van der Waals surface area contributed by atoms with Gasteiger partial charge in [0.15, 0.2) is 0 Å². The van der Waals surface area contributed by atoms with Gasteiger partial charge >= 0.3 is 0 Å². The molecule has 1 aromatic carbocycles. The fraction of sp³-hybridized carbons (Fsp3) is 0.467. The third kappa shape index (κ3) is 2.13. The van der Waals surface area contributed by atoms with Crippen molar-refractivity contribution < 1.29 is 5.11 Å². The molecule has 1 aromatic heterocycles. The number of aliphatic hydroxyl groups excluding tert-OH is 1. The topological polar surface area (TPSA) is 50.9 Å². The van der Waals surface area contributed by atoms with Crippen LogP contribution in [0.15, 0.2) is 36.9 Å². The van der Waals surface area contributed by atoms with Crippen molar-refractivity contribution >= 4 is 11.6 Å². The molecule has 20 heavy (non-hydrogen) atoms. The first-order valence-electron chi connectivity index (χ1n) is 6.90. The molecule has 2 unspecified atom stereocenters. The molecule has 0 saturated heterocycles. The molecule has 1 fully saturated rings. The molecule has 3 rings (SSSR count). The summed E-state index contributed by atoms with van der Waals surface area (Å²) >= 11 is 5.99. The predicted octanol–water partition coefficient (Wildman–Crippen LogP) is 2.71. The molecule has 0 aliphatic heterocycles. The van der Waals surface area contributed by atoms with Crippen LogP contribution in [0.5, 0.6) is 0 Å². The van der Waals surface area contributed by atoms with E-state index in [1.807, 2.05) is 24.3 Å². The lowest BCUT2D eigenvalue weighted by molar-refractivity contribution is 0.0912. The molecule has 0 bridgehead atoms. The van der Waals surface area contributed by atoms with E-state index in [9.17, 15) is 5.11 Å². The van der Waals surface area contributed by atoms with E-state index in [-0.39, 0.29) is 12.5 Å². The number of rotatable bonds is 5. The van der Waals surface area contributed by atoms with Crippen LogP contribution in [0.3, 0.4) is 0 Å². The van der Waals surface area contributed by atoms with Gasteiger partial charge in [0.2, 0.25) is 0 Å². The predicted molar refractivity (Wildman–Crippen MR) is 77.5 cm³/mol. The zero-order valence-corrected chi connectivity index (χ0v) is 12.2. The van der Waals surface area contributed by atoms with Crippen molar-refractivity contribution in [2.75, 3.05) is 6.61 Å². The Labute approximate surface area is 123 Å². The smallest absolute Gasteiger partial charge is 0.137 e. The summed E-state index contributed by atoms with van der Waals surface area (Å²) in [6, 6.07) is 7.66. The van der Waals surface area contributed by atoms with Gasteiger partial charge in [-0.3, -0.25) is 0 Å². The molecule has 0 radical (unpaired) electrons. The highest BCUT2D eigenvalue weighted by molar-refractivity contribution is 6.30. The molecule has 2 aromatic rings. The van der Waals surface area contributed by atoms with Crippen molar-refractivity contribution in [3.63, 3.8) is 0 Å². The number of halogens is 1. The number of aromatic nitrogens is 3. The molecule has 0 amide bonds. The first-order chi connectivity index (χ1) is 9.68. The quantitative estimate of drug-likeness (QED) is 0.921. The minimum absolute atomic E-state index is 0.00431. The summed E-state index contributed by atoms with van der Waals surface area (Å²) in [6.45, 7) is 2.18. The van der Waals surface area contributed by atoms with Gasteiger partial charge in [0.25, 0.3) is 0 Å². The van der Waals surface area contributed by atoms with Crippen molar-refractivity contribution in [2.45, 2.75) is 25.3 Å². The lowest BCUT2D eigenvalue weighted by atomic mass is 9.77. The standard InChI is InChI=1S/C15H18ClN3O/c1-11(12-2-3-12)15(8-20,19-10-17-9-18-19)13-4-6-14(16)7-5-13/h4-7,9-12,20H,2-3,8H2,1H3. The zero-order valence-electron chi connectivity index (χ0n) is 11.4. The second kappa shape index (κ2) is 5.19. The lowest BCUT2D eigenvalue weighted by Gasteiger charge is -2.38. The number of benzene rings is 1. The van der Waals surface area contributed by atoms with Crippen molar-refractivity contribution in [3.05, 3.63) is 47.5 Å². The first-order valence-corrected chi connectivity index (χ1v) is 7.28. The van der Waals surface area contributed by atoms with Crippen LogP contribution in [0.25, 0.3) is 0 Å². The third-order valence-corrected chi connectivity index (χ3v) is 4.75. The van der Waals surface area contributed by atoms with Crippen LogP contribution < -0.4 is 0 Å². The Hall–Kier alpha value is -1.39. The molecule has 1 heterocycles. The van der Waals surface area contributed by atoms with E-state index in [0.717, 1.165) is 5.56 Å². The molecule has 4 nitrogen and oxygen atoms in total. The van der Waals surface area contributed by atoms with Crippen LogP contribution in [-0.2, 0) is 5.54 Å². The Morgan fingerprint density at radius 3 is 2.60 bits per heavy atom. The average Bonchev–Trinajstić information content (AvgIpc) is 3.18. The molecule has 1 saturated carbocycles. The van der Waals surface area contributed by atoms with E-state index in [4.69, 9.17) is 11.6 Å². The Balaban J connectivity index is 2.12. The minimum atomic E-state index is -0.567. The van der Waals surface area contributed by atoms with Gasteiger partial charge in [0, 0.05) is 5.02 Å². The van der Waals surface area contributed by atoms with E-state index >= 15 is 0 Å². The fourth-order valence-electron chi connectivity index (χ4n) is 3.05. The molecule has 2 atom stereocenters. The Bertz CT molecular complexity index is 565. The van der Waals surface area contributed by atoms with Gasteiger partial charge in [-0.25, -0.2) is 9.67 Å². The molecule has 106 valence electrons. The molecule has 1 aliphatic rings. The van der Waals surface area contributed by atoms with Crippen LogP contribution in [0.2, 0.25) is 5.02 Å². The highest BCUT2D eigenvalue weighted by Crippen LogP contribution is 2.47. The maximum Gasteiger partial charge on any atom is 0.137 e. The Morgan fingerprint density at radius 1 is 1.40 bits per heavy atom. The van der Waals surface area contributed by atoms with Crippen LogP contribution in [0.1, 0.15) is 25.3 Å². The Kier molecular flexibility index (Phi) is 3.52. The highest BCUT2D eigenvalue weighted by atomic mass is 35.5. The average molecular weight is 292 g/mol. The van der Waals surface area contributed by atoms with E-state index in [1.165, 1.54) is 19.2 Å². The highest BCUT2D eigenvalue weighted by Gasteiger charge is 2.47. The van der Waals surface area contributed by atoms with E-state index in [1.54, 1.807) is 11.0 Å². The summed E-state index contributed by atoms with van der Waals surface area (Å²) in [5.41, 5.74) is 0.455. The summed E-state index contributed by atoms with van der Waals surface area (Å²) in [7, 11) is 0. The second-order valence-corrected chi connectivity index (χ2v) is 5.99. The van der Waals surface area contributed by atoms with Gasteiger partial charge in [-0.2, -0.15) is 5.10 Å². The lowest BCUT2D eigenvalue weighted by Crippen LogP contribution is -2.46. The maximum absolute atomic E-state index is 10.2. The van der Waals surface area contributed by atoms with Crippen LogP contribution in [-0.4, -0.2) is 26.5 Å². The number of nitrogens with zero attached hydrogens (tertiary/aromatic N) is 3. The van der Waals surface area contributed by atoms with Gasteiger partial charge < -0.3 is 5.11 Å². The zero-order chi connectivity index (χ0) is 14.2. The van der Waals surface area contributed by atoms with E-state index < -0.39 is 5.54 Å². The molecular formula is C15H18ClN3O. The largest absolute Gasteiger partial charge is 0.393 e. The normalized spacial score (nSPS) is 19.6. The number of aliphatic hydroxyl groups is 1. The van der Waals surface area contributed by atoms with E-state index in [0.29, 0.717) is 10.9 Å². The Morgan fingerprint density at radius 2 is 2.10 bits per heavy atom. The summed E-state index contributed by atoms with van der Waals surface area (Å²) < 4.78 is 1.79. The number of hydrogen-bond acceptors (Lipinski definition) is 3. The van der Waals surface area contributed by atoms with Gasteiger partial charge in [-0.05, 0) is 42.4 Å². The van der Waals surface area contributed by atoms with Crippen molar-refractivity contribution in [3.8, 4) is 0 Å². The summed E-state index contributed by atoms with van der Waals surface area (Å²) in [5, 5.41) is 15.2. The van der Waals surface area contributed by atoms with Gasteiger partial charge in [-0.15, -0.1) is 0 Å². The third-order valence-electron chi connectivity index (χ3n) is 4.50. The van der Waals surface area contributed by atoms with Gasteiger partial charge in [0.1, 0.15) is 18.2 Å². The van der Waals surface area contributed by atoms with Gasteiger partial charge in [-0.1, -0.05) is 30.7 Å². The molecule has 5 heteroatoms. The van der Waals surface area contributed by atoms with Crippen molar-refractivity contribution in [1.82, 2.24) is 14.8 Å².